The van der Waals surface area contributed by atoms with E-state index >= 15 is 0 Å². The van der Waals surface area contributed by atoms with Gasteiger partial charge in [-0.2, -0.15) is 0 Å². The number of nitrogens with one attached hydrogen (secondary N) is 2. The summed E-state index contributed by atoms with van der Waals surface area (Å²) in [6.45, 7) is 1.22. The van der Waals surface area contributed by atoms with Crippen LogP contribution in [0, 0.1) is 0 Å². The Labute approximate surface area is 138 Å². The molecule has 1 aliphatic heterocycles. The number of H-pyrrole nitrogens is 1. The number of aromatic nitrogens is 2. The molecule has 2 aromatic heterocycles. The first-order valence-electron chi connectivity index (χ1n) is 7.41. The van der Waals surface area contributed by atoms with Crippen LogP contribution < -0.4 is 10.9 Å². The highest BCUT2D eigenvalue weighted by molar-refractivity contribution is 6.27. The molecule has 1 fully saturated rings. The molecule has 0 bridgehead atoms. The van der Waals surface area contributed by atoms with Crippen molar-refractivity contribution in [3.05, 3.63) is 47.1 Å². The van der Waals surface area contributed by atoms with Crippen molar-refractivity contribution in [2.24, 2.45) is 0 Å². The van der Waals surface area contributed by atoms with Gasteiger partial charge in [-0.15, -0.1) is 11.6 Å². The molecule has 0 aromatic carbocycles. The summed E-state index contributed by atoms with van der Waals surface area (Å²) >= 11 is 5.58. The summed E-state index contributed by atoms with van der Waals surface area (Å²) in [5, 5.41) is 3.23. The van der Waals surface area contributed by atoms with Gasteiger partial charge in [0.2, 0.25) is 5.91 Å². The van der Waals surface area contributed by atoms with Crippen molar-refractivity contribution in [3.8, 4) is 11.1 Å². The number of nitrogens with zero attached hydrogens (tertiary/aromatic N) is 2. The second-order valence-electron chi connectivity index (χ2n) is 5.47. The number of hydrogen-bond acceptors (Lipinski definition) is 4. The Morgan fingerprint density at radius 3 is 2.91 bits per heavy atom. The van der Waals surface area contributed by atoms with E-state index in [2.05, 4.69) is 15.3 Å². The van der Waals surface area contributed by atoms with E-state index in [1.165, 1.54) is 0 Å². The fourth-order valence-electron chi connectivity index (χ4n) is 2.71. The topological polar surface area (TPSA) is 78.1 Å². The van der Waals surface area contributed by atoms with Crippen LogP contribution >= 0.6 is 11.6 Å². The largest absolute Gasteiger partial charge is 0.376 e. The Morgan fingerprint density at radius 2 is 2.17 bits per heavy atom. The second kappa shape index (κ2) is 6.83. The van der Waals surface area contributed by atoms with E-state index in [0.717, 1.165) is 17.5 Å². The van der Waals surface area contributed by atoms with E-state index in [-0.39, 0.29) is 23.4 Å². The molecule has 120 valence electrons. The molecule has 1 aliphatic rings. The summed E-state index contributed by atoms with van der Waals surface area (Å²) < 4.78 is 0. The molecule has 0 unspecified atom stereocenters. The third-order valence-electron chi connectivity index (χ3n) is 3.93. The Hall–Kier alpha value is -2.34. The second-order valence-corrected chi connectivity index (χ2v) is 5.74. The van der Waals surface area contributed by atoms with Crippen LogP contribution in [0.1, 0.15) is 6.42 Å². The number of hydrogen-bond donors (Lipinski definition) is 2. The molecule has 3 heterocycles. The normalized spacial score (nSPS) is 17.3. The van der Waals surface area contributed by atoms with Crippen LogP contribution in [0.25, 0.3) is 11.1 Å². The molecular formula is C16H17ClN4O2. The Kier molecular flexibility index (Phi) is 4.62. The molecule has 1 saturated heterocycles. The molecule has 1 atom stereocenters. The molecule has 3 rings (SSSR count). The minimum atomic E-state index is -0.176. The maximum atomic E-state index is 12.0. The van der Waals surface area contributed by atoms with Gasteiger partial charge in [0, 0.05) is 43.3 Å². The summed E-state index contributed by atoms with van der Waals surface area (Å²) in [6.07, 6.45) is 5.89. The summed E-state index contributed by atoms with van der Waals surface area (Å²) in [4.78, 5) is 32.1. The summed E-state index contributed by atoms with van der Waals surface area (Å²) in [7, 11) is 0. The van der Waals surface area contributed by atoms with Crippen LogP contribution in [0.5, 0.6) is 0 Å². The monoisotopic (exact) mass is 332 g/mol. The predicted octanol–water partition coefficient (Wildman–Crippen LogP) is 1.69. The predicted molar refractivity (Wildman–Crippen MR) is 89.6 cm³/mol. The molecule has 0 spiro atoms. The molecule has 0 radical (unpaired) electrons. The number of carbonyl (C=O) groups excluding carboxylic acids is 1. The average Bonchev–Trinajstić information content (AvgIpc) is 3.05. The average molecular weight is 333 g/mol. The van der Waals surface area contributed by atoms with E-state index in [9.17, 15) is 9.59 Å². The Bertz CT molecular complexity index is 747. The standard InChI is InChI=1S/C16H17ClN4O2/c17-8-15(22)21-6-3-13(10-21)20-14-7-12(9-19-16(14)23)11-1-4-18-5-2-11/h1-2,4-5,7,9,13,20H,3,6,8,10H2,(H,19,23)/t13-/m1/s1. The van der Waals surface area contributed by atoms with Crippen LogP contribution in [0.15, 0.2) is 41.6 Å². The minimum Gasteiger partial charge on any atom is -0.376 e. The van der Waals surface area contributed by atoms with Crippen molar-refractivity contribution in [1.29, 1.82) is 0 Å². The molecule has 2 aromatic rings. The first-order chi connectivity index (χ1) is 11.2. The van der Waals surface area contributed by atoms with Gasteiger partial charge in [-0.25, -0.2) is 0 Å². The lowest BCUT2D eigenvalue weighted by molar-refractivity contribution is -0.127. The maximum absolute atomic E-state index is 12.0. The maximum Gasteiger partial charge on any atom is 0.271 e. The van der Waals surface area contributed by atoms with E-state index in [0.29, 0.717) is 18.8 Å². The zero-order valence-electron chi connectivity index (χ0n) is 12.5. The van der Waals surface area contributed by atoms with E-state index in [4.69, 9.17) is 11.6 Å². The van der Waals surface area contributed by atoms with Gasteiger partial charge in [0.15, 0.2) is 0 Å². The summed E-state index contributed by atoms with van der Waals surface area (Å²) in [6, 6.07) is 5.64. The minimum absolute atomic E-state index is 0.00910. The van der Waals surface area contributed by atoms with Crippen molar-refractivity contribution >= 4 is 23.2 Å². The number of halogens is 1. The van der Waals surface area contributed by atoms with Gasteiger partial charge < -0.3 is 15.2 Å². The summed E-state index contributed by atoms with van der Waals surface area (Å²) in [5.41, 5.74) is 2.21. The van der Waals surface area contributed by atoms with Gasteiger partial charge in [0.25, 0.3) is 5.56 Å². The van der Waals surface area contributed by atoms with Crippen LogP contribution in [-0.2, 0) is 4.79 Å². The lowest BCUT2D eigenvalue weighted by atomic mass is 10.1. The van der Waals surface area contributed by atoms with E-state index in [1.807, 2.05) is 18.2 Å². The smallest absolute Gasteiger partial charge is 0.271 e. The molecule has 2 N–H and O–H groups in total. The number of likely N-dealkylation sites (tertiary alicyclic amines) is 1. The molecule has 1 amide bonds. The third kappa shape index (κ3) is 3.53. The third-order valence-corrected chi connectivity index (χ3v) is 4.16. The van der Waals surface area contributed by atoms with Gasteiger partial charge in [-0.05, 0) is 30.2 Å². The highest BCUT2D eigenvalue weighted by Gasteiger charge is 2.26. The zero-order valence-corrected chi connectivity index (χ0v) is 13.2. The number of aromatic amines is 1. The van der Waals surface area contributed by atoms with Gasteiger partial charge in [-0.3, -0.25) is 14.6 Å². The quantitative estimate of drug-likeness (QED) is 0.835. The van der Waals surface area contributed by atoms with Crippen molar-refractivity contribution in [2.75, 3.05) is 24.3 Å². The van der Waals surface area contributed by atoms with Gasteiger partial charge >= 0.3 is 0 Å². The van der Waals surface area contributed by atoms with E-state index in [1.54, 1.807) is 23.5 Å². The van der Waals surface area contributed by atoms with Crippen molar-refractivity contribution in [3.63, 3.8) is 0 Å². The fourth-order valence-corrected chi connectivity index (χ4v) is 2.88. The summed E-state index contributed by atoms with van der Waals surface area (Å²) in [5.74, 6) is -0.0828. The zero-order chi connectivity index (χ0) is 16.2. The molecular weight excluding hydrogens is 316 g/mol. The first kappa shape index (κ1) is 15.6. The molecule has 0 aliphatic carbocycles. The Balaban J connectivity index is 1.76. The van der Waals surface area contributed by atoms with Gasteiger partial charge in [0.05, 0.1) is 0 Å². The van der Waals surface area contributed by atoms with Crippen LogP contribution in [0.2, 0.25) is 0 Å². The van der Waals surface area contributed by atoms with Crippen LogP contribution in [0.4, 0.5) is 5.69 Å². The highest BCUT2D eigenvalue weighted by Crippen LogP contribution is 2.20. The van der Waals surface area contributed by atoms with Gasteiger partial charge in [0.1, 0.15) is 11.6 Å². The molecule has 6 nitrogen and oxygen atoms in total. The highest BCUT2D eigenvalue weighted by atomic mass is 35.5. The number of carbonyl (C=O) groups is 1. The first-order valence-corrected chi connectivity index (χ1v) is 7.94. The number of amides is 1. The number of anilines is 1. The van der Waals surface area contributed by atoms with Crippen molar-refractivity contribution < 1.29 is 4.79 Å². The lowest BCUT2D eigenvalue weighted by Crippen LogP contribution is -2.33. The number of pyridine rings is 2. The molecule has 0 saturated carbocycles. The van der Waals surface area contributed by atoms with Crippen molar-refractivity contribution in [2.45, 2.75) is 12.5 Å². The molecule has 23 heavy (non-hydrogen) atoms. The number of rotatable bonds is 4. The SMILES string of the molecule is O=C(CCl)N1CC[C@@H](Nc2cc(-c3ccncc3)c[nH]c2=O)C1. The lowest BCUT2D eigenvalue weighted by Gasteiger charge is -2.16. The van der Waals surface area contributed by atoms with Gasteiger partial charge in [-0.1, -0.05) is 0 Å². The van der Waals surface area contributed by atoms with Crippen LogP contribution in [0.3, 0.4) is 0 Å². The fraction of sp³-hybridized carbons (Fsp3) is 0.312. The Morgan fingerprint density at radius 1 is 1.39 bits per heavy atom. The van der Waals surface area contributed by atoms with Crippen LogP contribution in [-0.4, -0.2) is 45.8 Å². The van der Waals surface area contributed by atoms with E-state index < -0.39 is 0 Å². The van der Waals surface area contributed by atoms with Crippen molar-refractivity contribution in [1.82, 2.24) is 14.9 Å². The molecule has 7 heteroatoms. The number of alkyl halides is 1.